The fourth-order valence-electron chi connectivity index (χ4n) is 2.66. The molecule has 1 aromatic carbocycles. The number of nitrogens with zero attached hydrogens (tertiary/aromatic N) is 3. The van der Waals surface area contributed by atoms with Crippen LogP contribution in [0, 0.1) is 0 Å². The SMILES string of the molecule is CCSc1n[nH]c(NC(=O)c2ccc3c(c2)C(=O)N(C(C)CC)C3=O)n1. The van der Waals surface area contributed by atoms with Gasteiger partial charge in [-0.1, -0.05) is 25.6 Å². The summed E-state index contributed by atoms with van der Waals surface area (Å²) < 4.78 is 0. The molecule has 0 spiro atoms. The summed E-state index contributed by atoms with van der Waals surface area (Å²) in [5.41, 5.74) is 0.855. The maximum atomic E-state index is 12.6. The highest BCUT2D eigenvalue weighted by atomic mass is 32.2. The molecule has 0 radical (unpaired) electrons. The number of fused-ring (bicyclic) bond motifs is 1. The summed E-state index contributed by atoms with van der Waals surface area (Å²) in [4.78, 5) is 42.8. The van der Waals surface area contributed by atoms with E-state index in [0.29, 0.717) is 17.1 Å². The molecule has 2 heterocycles. The lowest BCUT2D eigenvalue weighted by molar-refractivity contribution is 0.0593. The third-order valence-electron chi connectivity index (χ3n) is 4.18. The Hall–Kier alpha value is -2.68. The second-order valence-electron chi connectivity index (χ2n) is 5.85. The van der Waals surface area contributed by atoms with E-state index in [4.69, 9.17) is 0 Å². The van der Waals surface area contributed by atoms with Crippen molar-refractivity contribution in [1.29, 1.82) is 0 Å². The number of carbonyl (C=O) groups excluding carboxylic acids is 3. The molecule has 1 aliphatic rings. The van der Waals surface area contributed by atoms with Gasteiger partial charge in [0, 0.05) is 11.6 Å². The van der Waals surface area contributed by atoms with Crippen molar-refractivity contribution >= 4 is 35.4 Å². The zero-order chi connectivity index (χ0) is 18.8. The van der Waals surface area contributed by atoms with Crippen LogP contribution in [0.5, 0.6) is 0 Å². The van der Waals surface area contributed by atoms with E-state index in [-0.39, 0.29) is 34.9 Å². The first kappa shape index (κ1) is 18.1. The number of aromatic amines is 1. The fraction of sp³-hybridized carbons (Fsp3) is 0.353. The molecule has 26 heavy (non-hydrogen) atoms. The Labute approximate surface area is 154 Å². The number of hydrogen-bond donors (Lipinski definition) is 2. The number of anilines is 1. The summed E-state index contributed by atoms with van der Waals surface area (Å²) in [6.45, 7) is 5.71. The van der Waals surface area contributed by atoms with E-state index in [2.05, 4.69) is 20.5 Å². The molecular weight excluding hydrogens is 354 g/mol. The highest BCUT2D eigenvalue weighted by Gasteiger charge is 2.38. The van der Waals surface area contributed by atoms with Crippen LogP contribution >= 0.6 is 11.8 Å². The number of H-pyrrole nitrogens is 1. The maximum Gasteiger partial charge on any atom is 0.261 e. The van der Waals surface area contributed by atoms with Crippen molar-refractivity contribution in [2.75, 3.05) is 11.1 Å². The molecule has 0 bridgehead atoms. The van der Waals surface area contributed by atoms with Crippen molar-refractivity contribution in [3.05, 3.63) is 34.9 Å². The molecule has 1 unspecified atom stereocenters. The van der Waals surface area contributed by atoms with Crippen molar-refractivity contribution in [3.63, 3.8) is 0 Å². The largest absolute Gasteiger partial charge is 0.291 e. The van der Waals surface area contributed by atoms with Gasteiger partial charge in [0.2, 0.25) is 11.1 Å². The molecule has 1 aliphatic heterocycles. The van der Waals surface area contributed by atoms with Gasteiger partial charge in [0.1, 0.15) is 0 Å². The zero-order valence-corrected chi connectivity index (χ0v) is 15.5. The van der Waals surface area contributed by atoms with Crippen LogP contribution in [0.1, 0.15) is 58.3 Å². The average molecular weight is 373 g/mol. The van der Waals surface area contributed by atoms with Crippen molar-refractivity contribution in [2.45, 2.75) is 38.4 Å². The topological polar surface area (TPSA) is 108 Å². The number of aromatic nitrogens is 3. The van der Waals surface area contributed by atoms with E-state index >= 15 is 0 Å². The highest BCUT2D eigenvalue weighted by molar-refractivity contribution is 7.99. The first-order chi connectivity index (χ1) is 12.5. The Morgan fingerprint density at radius 1 is 1.27 bits per heavy atom. The van der Waals surface area contributed by atoms with E-state index in [1.54, 1.807) is 0 Å². The minimum Gasteiger partial charge on any atom is -0.291 e. The number of rotatable bonds is 6. The first-order valence-electron chi connectivity index (χ1n) is 8.34. The van der Waals surface area contributed by atoms with Crippen LogP contribution in [-0.2, 0) is 0 Å². The van der Waals surface area contributed by atoms with E-state index in [1.807, 2.05) is 20.8 Å². The molecule has 9 heteroatoms. The summed E-state index contributed by atoms with van der Waals surface area (Å²) in [5, 5.41) is 9.78. The van der Waals surface area contributed by atoms with Gasteiger partial charge in [-0.3, -0.25) is 24.6 Å². The molecule has 8 nitrogen and oxygen atoms in total. The second kappa shape index (κ2) is 7.28. The van der Waals surface area contributed by atoms with Crippen molar-refractivity contribution in [3.8, 4) is 0 Å². The summed E-state index contributed by atoms with van der Waals surface area (Å²) in [7, 11) is 0. The third-order valence-corrected chi connectivity index (χ3v) is 4.91. The van der Waals surface area contributed by atoms with Gasteiger partial charge < -0.3 is 0 Å². The van der Waals surface area contributed by atoms with Gasteiger partial charge in [0.25, 0.3) is 17.7 Å². The smallest absolute Gasteiger partial charge is 0.261 e. The number of hydrogen-bond acceptors (Lipinski definition) is 6. The molecule has 136 valence electrons. The van der Waals surface area contributed by atoms with Crippen molar-refractivity contribution in [1.82, 2.24) is 20.1 Å². The van der Waals surface area contributed by atoms with Gasteiger partial charge in [-0.2, -0.15) is 4.98 Å². The number of benzene rings is 1. The molecule has 1 atom stereocenters. The van der Waals surface area contributed by atoms with Gasteiger partial charge in [-0.25, -0.2) is 5.10 Å². The first-order valence-corrected chi connectivity index (χ1v) is 9.33. The molecule has 2 N–H and O–H groups in total. The second-order valence-corrected chi connectivity index (χ2v) is 7.08. The monoisotopic (exact) mass is 373 g/mol. The Balaban J connectivity index is 1.81. The van der Waals surface area contributed by atoms with Crippen LogP contribution in [0.2, 0.25) is 0 Å². The molecule has 0 aliphatic carbocycles. The number of amides is 3. The summed E-state index contributed by atoms with van der Waals surface area (Å²) in [6.07, 6.45) is 0.669. The molecule has 1 aromatic heterocycles. The van der Waals surface area contributed by atoms with E-state index in [1.165, 1.54) is 34.9 Å². The van der Waals surface area contributed by atoms with Gasteiger partial charge in [-0.05, 0) is 37.3 Å². The Bertz CT molecular complexity index is 879. The van der Waals surface area contributed by atoms with Crippen molar-refractivity contribution < 1.29 is 14.4 Å². The van der Waals surface area contributed by atoms with Gasteiger partial charge in [-0.15, -0.1) is 5.10 Å². The number of imide groups is 1. The molecule has 2 aromatic rings. The minimum atomic E-state index is -0.431. The fourth-order valence-corrected chi connectivity index (χ4v) is 3.18. The van der Waals surface area contributed by atoms with Crippen LogP contribution < -0.4 is 5.32 Å². The predicted molar refractivity (Wildman–Crippen MR) is 97.4 cm³/mol. The standard InChI is InChI=1S/C17H19N5O3S/c1-4-9(3)22-14(24)11-7-6-10(8-12(11)15(22)25)13(23)18-16-19-17(21-20-16)26-5-2/h6-9H,4-5H2,1-3H3,(H2,18,19,20,21,23). The van der Waals surface area contributed by atoms with Gasteiger partial charge in [0.05, 0.1) is 11.1 Å². The summed E-state index contributed by atoms with van der Waals surface area (Å²) in [6, 6.07) is 4.30. The Kier molecular flexibility index (Phi) is 5.08. The lowest BCUT2D eigenvalue weighted by atomic mass is 10.1. The van der Waals surface area contributed by atoms with E-state index in [9.17, 15) is 14.4 Å². The zero-order valence-electron chi connectivity index (χ0n) is 14.7. The minimum absolute atomic E-state index is 0.191. The Morgan fingerprint density at radius 3 is 2.69 bits per heavy atom. The lowest BCUT2D eigenvalue weighted by Crippen LogP contribution is -2.37. The maximum absolute atomic E-state index is 12.6. The van der Waals surface area contributed by atoms with E-state index < -0.39 is 5.91 Å². The van der Waals surface area contributed by atoms with Crippen LogP contribution in [0.4, 0.5) is 5.95 Å². The molecule has 0 saturated heterocycles. The summed E-state index contributed by atoms with van der Waals surface area (Å²) >= 11 is 1.45. The number of nitrogens with one attached hydrogen (secondary N) is 2. The predicted octanol–water partition coefficient (Wildman–Crippen LogP) is 2.56. The lowest BCUT2D eigenvalue weighted by Gasteiger charge is -2.20. The van der Waals surface area contributed by atoms with Gasteiger partial charge in [0.15, 0.2) is 0 Å². The highest BCUT2D eigenvalue weighted by Crippen LogP contribution is 2.27. The average Bonchev–Trinajstić information content (AvgIpc) is 3.17. The van der Waals surface area contributed by atoms with Crippen LogP contribution in [-0.4, -0.2) is 49.6 Å². The van der Waals surface area contributed by atoms with Crippen LogP contribution in [0.15, 0.2) is 23.4 Å². The molecule has 0 saturated carbocycles. The van der Waals surface area contributed by atoms with Crippen LogP contribution in [0.25, 0.3) is 0 Å². The van der Waals surface area contributed by atoms with E-state index in [0.717, 1.165) is 5.75 Å². The third kappa shape index (κ3) is 3.22. The van der Waals surface area contributed by atoms with Crippen LogP contribution in [0.3, 0.4) is 0 Å². The summed E-state index contributed by atoms with van der Waals surface area (Å²) in [5.74, 6) is -0.0637. The molecule has 0 fully saturated rings. The Morgan fingerprint density at radius 2 is 2.00 bits per heavy atom. The number of carbonyl (C=O) groups is 3. The van der Waals surface area contributed by atoms with Crippen molar-refractivity contribution in [2.24, 2.45) is 0 Å². The van der Waals surface area contributed by atoms with Gasteiger partial charge >= 0.3 is 0 Å². The quantitative estimate of drug-likeness (QED) is 0.595. The molecular formula is C17H19N5O3S. The normalized spacial score (nSPS) is 14.5. The molecule has 3 rings (SSSR count). The number of thioether (sulfide) groups is 1. The molecule has 3 amide bonds.